The molecule has 2 heterocycles. The normalized spacial score (nSPS) is 17.6. The first kappa shape index (κ1) is 16.4. The molecular weight excluding hydrogens is 288 g/mol. The van der Waals surface area contributed by atoms with Crippen LogP contribution in [0.2, 0.25) is 0 Å². The van der Waals surface area contributed by atoms with Crippen molar-refractivity contribution in [2.75, 3.05) is 33.5 Å². The minimum Gasteiger partial charge on any atom is -0.383 e. The Morgan fingerprint density at radius 2 is 2.19 bits per heavy atom. The predicted octanol–water partition coefficient (Wildman–Crippen LogP) is 1.46. The molecular formula is C15H24N2O3S. The smallest absolute Gasteiger partial charge is 0.234 e. The van der Waals surface area contributed by atoms with Crippen LogP contribution < -0.4 is 10.6 Å². The van der Waals surface area contributed by atoms with E-state index in [1.165, 1.54) is 9.75 Å². The lowest BCUT2D eigenvalue weighted by Crippen LogP contribution is -2.55. The standard InChI is InChI=1S/C15H24N2O3S/c1-12-3-4-13(21-12)9-16-14(18)10-17-15(11-19-2)5-7-20-8-6-15/h3-4,17H,5-11H2,1-2H3,(H,16,18). The number of hydrogen-bond donors (Lipinski definition) is 2. The van der Waals surface area contributed by atoms with Crippen LogP contribution >= 0.6 is 11.3 Å². The minimum atomic E-state index is -0.135. The van der Waals surface area contributed by atoms with Crippen molar-refractivity contribution in [2.24, 2.45) is 0 Å². The molecule has 5 nitrogen and oxygen atoms in total. The van der Waals surface area contributed by atoms with Crippen molar-refractivity contribution < 1.29 is 14.3 Å². The lowest BCUT2D eigenvalue weighted by Gasteiger charge is -2.37. The van der Waals surface area contributed by atoms with E-state index in [9.17, 15) is 4.79 Å². The number of carbonyl (C=O) groups is 1. The molecule has 6 heteroatoms. The van der Waals surface area contributed by atoms with Crippen molar-refractivity contribution in [3.8, 4) is 0 Å². The molecule has 2 rings (SSSR count). The summed E-state index contributed by atoms with van der Waals surface area (Å²) in [5.41, 5.74) is -0.135. The molecule has 1 fully saturated rings. The number of aryl methyl sites for hydroxylation is 1. The van der Waals surface area contributed by atoms with E-state index in [1.54, 1.807) is 18.4 Å². The summed E-state index contributed by atoms with van der Waals surface area (Å²) in [5, 5.41) is 6.31. The number of rotatable bonds is 7. The Balaban J connectivity index is 1.76. The second kappa shape index (κ2) is 7.89. The lowest BCUT2D eigenvalue weighted by atomic mass is 9.91. The number of thiophene rings is 1. The molecule has 1 amide bonds. The number of methoxy groups -OCH3 is 1. The molecule has 0 radical (unpaired) electrons. The Kier molecular flexibility index (Phi) is 6.17. The maximum absolute atomic E-state index is 12.0. The Bertz CT molecular complexity index is 450. The Hall–Kier alpha value is -0.950. The van der Waals surface area contributed by atoms with Crippen molar-refractivity contribution in [3.05, 3.63) is 21.9 Å². The zero-order valence-corrected chi connectivity index (χ0v) is 13.6. The van der Waals surface area contributed by atoms with E-state index in [-0.39, 0.29) is 11.4 Å². The van der Waals surface area contributed by atoms with Gasteiger partial charge in [0.25, 0.3) is 0 Å². The SMILES string of the molecule is COCC1(NCC(=O)NCc2ccc(C)s2)CCOCC1. The van der Waals surface area contributed by atoms with Crippen LogP contribution in [0.25, 0.3) is 0 Å². The van der Waals surface area contributed by atoms with Gasteiger partial charge in [0.15, 0.2) is 0 Å². The molecule has 1 saturated heterocycles. The molecule has 1 aliphatic heterocycles. The molecule has 118 valence electrons. The summed E-state index contributed by atoms with van der Waals surface area (Å²) in [5.74, 6) is 0.0167. The number of amides is 1. The summed E-state index contributed by atoms with van der Waals surface area (Å²) >= 11 is 1.71. The zero-order chi connectivity index (χ0) is 15.1. The molecule has 1 aromatic rings. The van der Waals surface area contributed by atoms with Gasteiger partial charge in [-0.3, -0.25) is 4.79 Å². The van der Waals surface area contributed by atoms with Gasteiger partial charge in [0.1, 0.15) is 0 Å². The first-order valence-electron chi connectivity index (χ1n) is 7.27. The Labute approximate surface area is 130 Å². The van der Waals surface area contributed by atoms with E-state index in [1.807, 2.05) is 0 Å². The minimum absolute atomic E-state index is 0.0167. The molecule has 2 N–H and O–H groups in total. The van der Waals surface area contributed by atoms with Gasteiger partial charge in [0.2, 0.25) is 5.91 Å². The number of ether oxygens (including phenoxy) is 2. The molecule has 0 unspecified atom stereocenters. The molecule has 0 spiro atoms. The fourth-order valence-corrected chi connectivity index (χ4v) is 3.34. The summed E-state index contributed by atoms with van der Waals surface area (Å²) in [6.45, 7) is 5.01. The molecule has 1 aliphatic rings. The highest BCUT2D eigenvalue weighted by atomic mass is 32.1. The summed E-state index contributed by atoms with van der Waals surface area (Å²) < 4.78 is 10.7. The second-order valence-corrected chi connectivity index (χ2v) is 6.84. The number of carbonyl (C=O) groups excluding carboxylic acids is 1. The van der Waals surface area contributed by atoms with Gasteiger partial charge in [-0.25, -0.2) is 0 Å². The largest absolute Gasteiger partial charge is 0.383 e. The Morgan fingerprint density at radius 1 is 1.43 bits per heavy atom. The third-order valence-corrected chi connectivity index (χ3v) is 4.75. The Morgan fingerprint density at radius 3 is 2.81 bits per heavy atom. The van der Waals surface area contributed by atoms with Gasteiger partial charge in [0.05, 0.1) is 19.7 Å². The van der Waals surface area contributed by atoms with Crippen LogP contribution in [0.5, 0.6) is 0 Å². The highest BCUT2D eigenvalue weighted by molar-refractivity contribution is 7.11. The maximum atomic E-state index is 12.0. The number of hydrogen-bond acceptors (Lipinski definition) is 5. The van der Waals surface area contributed by atoms with Crippen LogP contribution in [-0.4, -0.2) is 44.9 Å². The van der Waals surface area contributed by atoms with Gasteiger partial charge in [-0.2, -0.15) is 0 Å². The fraction of sp³-hybridized carbons (Fsp3) is 0.667. The summed E-state index contributed by atoms with van der Waals surface area (Å²) in [4.78, 5) is 14.4. The van der Waals surface area contributed by atoms with Gasteiger partial charge in [-0.05, 0) is 31.9 Å². The second-order valence-electron chi connectivity index (χ2n) is 5.47. The fourth-order valence-electron chi connectivity index (χ4n) is 2.51. The highest BCUT2D eigenvalue weighted by Gasteiger charge is 2.32. The monoisotopic (exact) mass is 312 g/mol. The van der Waals surface area contributed by atoms with E-state index in [0.717, 1.165) is 12.8 Å². The molecule has 1 aromatic heterocycles. The third kappa shape index (κ3) is 5.07. The van der Waals surface area contributed by atoms with Gasteiger partial charge >= 0.3 is 0 Å². The molecule has 21 heavy (non-hydrogen) atoms. The van der Waals surface area contributed by atoms with Crippen LogP contribution in [-0.2, 0) is 20.8 Å². The van der Waals surface area contributed by atoms with Crippen molar-refractivity contribution in [1.29, 1.82) is 0 Å². The van der Waals surface area contributed by atoms with Crippen LogP contribution in [0, 0.1) is 6.92 Å². The average molecular weight is 312 g/mol. The topological polar surface area (TPSA) is 59.6 Å². The van der Waals surface area contributed by atoms with Crippen molar-refractivity contribution in [1.82, 2.24) is 10.6 Å². The molecule has 0 aliphatic carbocycles. The zero-order valence-electron chi connectivity index (χ0n) is 12.7. The lowest BCUT2D eigenvalue weighted by molar-refractivity contribution is -0.121. The van der Waals surface area contributed by atoms with Crippen molar-refractivity contribution in [3.63, 3.8) is 0 Å². The van der Waals surface area contributed by atoms with E-state index < -0.39 is 0 Å². The van der Waals surface area contributed by atoms with Gasteiger partial charge in [-0.15, -0.1) is 11.3 Å². The average Bonchev–Trinajstić information content (AvgIpc) is 2.90. The number of nitrogens with one attached hydrogen (secondary N) is 2. The summed E-state index contributed by atoms with van der Waals surface area (Å²) in [6, 6.07) is 4.12. The van der Waals surface area contributed by atoms with Crippen LogP contribution in [0.15, 0.2) is 12.1 Å². The molecule has 0 saturated carbocycles. The van der Waals surface area contributed by atoms with Crippen LogP contribution in [0.1, 0.15) is 22.6 Å². The van der Waals surface area contributed by atoms with Crippen molar-refractivity contribution in [2.45, 2.75) is 31.8 Å². The summed E-state index contributed by atoms with van der Waals surface area (Å²) in [6.07, 6.45) is 1.75. The van der Waals surface area contributed by atoms with Crippen LogP contribution in [0.3, 0.4) is 0 Å². The van der Waals surface area contributed by atoms with E-state index in [2.05, 4.69) is 29.7 Å². The predicted molar refractivity (Wildman–Crippen MR) is 83.6 cm³/mol. The molecule has 0 atom stereocenters. The van der Waals surface area contributed by atoms with E-state index in [4.69, 9.17) is 9.47 Å². The van der Waals surface area contributed by atoms with Crippen LogP contribution in [0.4, 0.5) is 0 Å². The quantitative estimate of drug-likeness (QED) is 0.800. The van der Waals surface area contributed by atoms with Crippen molar-refractivity contribution >= 4 is 17.2 Å². The molecule has 0 aromatic carbocycles. The summed E-state index contributed by atoms with van der Waals surface area (Å²) in [7, 11) is 1.69. The van der Waals surface area contributed by atoms with E-state index >= 15 is 0 Å². The maximum Gasteiger partial charge on any atom is 0.234 e. The molecule has 0 bridgehead atoms. The first-order valence-corrected chi connectivity index (χ1v) is 8.09. The first-order chi connectivity index (χ1) is 10.1. The highest BCUT2D eigenvalue weighted by Crippen LogP contribution is 2.20. The van der Waals surface area contributed by atoms with E-state index in [0.29, 0.717) is 32.9 Å². The van der Waals surface area contributed by atoms with Gasteiger partial charge < -0.3 is 20.1 Å². The van der Waals surface area contributed by atoms with Gasteiger partial charge in [-0.1, -0.05) is 0 Å². The van der Waals surface area contributed by atoms with Gasteiger partial charge in [0, 0.05) is 35.6 Å². The third-order valence-electron chi connectivity index (χ3n) is 3.75.